The van der Waals surface area contributed by atoms with Crippen molar-refractivity contribution in [3.05, 3.63) is 18.3 Å². The van der Waals surface area contributed by atoms with E-state index in [0.717, 1.165) is 5.52 Å². The zero-order chi connectivity index (χ0) is 6.10. The Labute approximate surface area is 74.1 Å². The van der Waals surface area contributed by atoms with Gasteiger partial charge in [0.1, 0.15) is 5.52 Å². The second-order valence-electron chi connectivity index (χ2n) is 1.67. The summed E-state index contributed by atoms with van der Waals surface area (Å²) in [5, 5.41) is 10.1. The quantitative estimate of drug-likeness (QED) is 0.707. The SMILES string of the molecule is I.c1cnc2n[nH]nc2c1. The lowest BCUT2D eigenvalue weighted by atomic mass is 10.4. The molecule has 0 bridgehead atoms. The lowest BCUT2D eigenvalue weighted by Gasteiger charge is -1.77. The van der Waals surface area contributed by atoms with Gasteiger partial charge in [-0.05, 0) is 12.1 Å². The van der Waals surface area contributed by atoms with E-state index >= 15 is 0 Å². The van der Waals surface area contributed by atoms with E-state index < -0.39 is 0 Å². The number of pyridine rings is 1. The highest BCUT2D eigenvalue weighted by Gasteiger charge is 1.92. The summed E-state index contributed by atoms with van der Waals surface area (Å²) >= 11 is 0. The normalized spacial score (nSPS) is 9.20. The van der Waals surface area contributed by atoms with Crippen LogP contribution in [0.2, 0.25) is 0 Å². The molecule has 2 aromatic rings. The predicted molar refractivity (Wildman–Crippen MR) is 47.1 cm³/mol. The van der Waals surface area contributed by atoms with Crippen molar-refractivity contribution < 1.29 is 0 Å². The van der Waals surface area contributed by atoms with Crippen LogP contribution < -0.4 is 0 Å². The van der Waals surface area contributed by atoms with E-state index in [9.17, 15) is 0 Å². The highest BCUT2D eigenvalue weighted by atomic mass is 127. The molecule has 52 valence electrons. The van der Waals surface area contributed by atoms with Crippen molar-refractivity contribution in [2.24, 2.45) is 0 Å². The van der Waals surface area contributed by atoms with Crippen molar-refractivity contribution >= 4 is 35.1 Å². The summed E-state index contributed by atoms with van der Waals surface area (Å²) in [6.07, 6.45) is 1.69. The van der Waals surface area contributed by atoms with Crippen LogP contribution in [0.4, 0.5) is 0 Å². The van der Waals surface area contributed by atoms with Crippen LogP contribution in [0.3, 0.4) is 0 Å². The van der Waals surface area contributed by atoms with Gasteiger partial charge in [-0.25, -0.2) is 4.98 Å². The van der Waals surface area contributed by atoms with Crippen molar-refractivity contribution in [3.8, 4) is 0 Å². The molecule has 0 radical (unpaired) electrons. The second kappa shape index (κ2) is 2.91. The zero-order valence-corrected chi connectivity index (χ0v) is 7.31. The average molecular weight is 248 g/mol. The number of H-pyrrole nitrogens is 1. The summed E-state index contributed by atoms with van der Waals surface area (Å²) in [6, 6.07) is 3.68. The van der Waals surface area contributed by atoms with E-state index in [2.05, 4.69) is 20.4 Å². The fourth-order valence-electron chi connectivity index (χ4n) is 0.688. The molecule has 0 atom stereocenters. The number of aromatic nitrogens is 4. The maximum absolute atomic E-state index is 3.94. The number of rotatable bonds is 0. The molecule has 0 saturated heterocycles. The van der Waals surface area contributed by atoms with E-state index in [1.807, 2.05) is 12.1 Å². The molecule has 0 unspecified atom stereocenters. The summed E-state index contributed by atoms with van der Waals surface area (Å²) in [4.78, 5) is 3.94. The fraction of sp³-hybridized carbons (Fsp3) is 0. The number of nitrogens with zero attached hydrogens (tertiary/aromatic N) is 3. The molecule has 2 heterocycles. The monoisotopic (exact) mass is 248 g/mol. The Morgan fingerprint density at radius 1 is 1.30 bits per heavy atom. The minimum Gasteiger partial charge on any atom is -0.234 e. The van der Waals surface area contributed by atoms with E-state index in [1.54, 1.807) is 6.20 Å². The third-order valence-electron chi connectivity index (χ3n) is 1.09. The van der Waals surface area contributed by atoms with Crippen molar-refractivity contribution in [3.63, 3.8) is 0 Å². The van der Waals surface area contributed by atoms with Gasteiger partial charge in [0.25, 0.3) is 0 Å². The number of hydrogen-bond acceptors (Lipinski definition) is 3. The minimum atomic E-state index is 0. The Morgan fingerprint density at radius 3 is 3.00 bits per heavy atom. The van der Waals surface area contributed by atoms with Gasteiger partial charge >= 0.3 is 0 Å². The van der Waals surface area contributed by atoms with Crippen LogP contribution >= 0.6 is 24.0 Å². The van der Waals surface area contributed by atoms with Crippen LogP contribution in [0, 0.1) is 0 Å². The van der Waals surface area contributed by atoms with E-state index in [-0.39, 0.29) is 24.0 Å². The van der Waals surface area contributed by atoms with Crippen molar-refractivity contribution in [2.45, 2.75) is 0 Å². The maximum Gasteiger partial charge on any atom is 0.201 e. The van der Waals surface area contributed by atoms with Gasteiger partial charge in [-0.2, -0.15) is 10.3 Å². The highest BCUT2D eigenvalue weighted by molar-refractivity contribution is 14.0. The van der Waals surface area contributed by atoms with Crippen LogP contribution in [0.5, 0.6) is 0 Å². The number of hydrogen-bond donors (Lipinski definition) is 1. The van der Waals surface area contributed by atoms with Gasteiger partial charge in [0.05, 0.1) is 0 Å². The Bertz CT molecular complexity index is 288. The Morgan fingerprint density at radius 2 is 2.20 bits per heavy atom. The minimum absolute atomic E-state index is 0. The summed E-state index contributed by atoms with van der Waals surface area (Å²) in [5.74, 6) is 0. The molecule has 0 amide bonds. The van der Waals surface area contributed by atoms with E-state index in [0.29, 0.717) is 5.65 Å². The van der Waals surface area contributed by atoms with Crippen LogP contribution in [-0.4, -0.2) is 20.4 Å². The van der Waals surface area contributed by atoms with Crippen molar-refractivity contribution in [1.82, 2.24) is 20.4 Å². The molecule has 2 aromatic heterocycles. The van der Waals surface area contributed by atoms with Gasteiger partial charge in [-0.3, -0.25) is 0 Å². The molecular weight excluding hydrogens is 243 g/mol. The predicted octanol–water partition coefficient (Wildman–Crippen LogP) is 0.971. The number of aromatic amines is 1. The van der Waals surface area contributed by atoms with Gasteiger partial charge in [-0.15, -0.1) is 29.1 Å². The standard InChI is InChI=1S/C5H4N4.HI/c1-2-4-5(6-3-1)8-9-7-4;/h1-3H,(H,6,7,8,9);1H. The van der Waals surface area contributed by atoms with Gasteiger partial charge in [0, 0.05) is 6.20 Å². The molecule has 1 N–H and O–H groups in total. The summed E-state index contributed by atoms with van der Waals surface area (Å²) in [7, 11) is 0. The molecular formula is C5H5IN4. The van der Waals surface area contributed by atoms with Crippen LogP contribution in [0.15, 0.2) is 18.3 Å². The largest absolute Gasteiger partial charge is 0.234 e. The summed E-state index contributed by atoms with van der Waals surface area (Å²) in [6.45, 7) is 0. The molecule has 0 aromatic carbocycles. The molecule has 0 fully saturated rings. The molecule has 2 rings (SSSR count). The Balaban J connectivity index is 0.000000500. The third kappa shape index (κ3) is 1.08. The molecule has 5 heteroatoms. The second-order valence-corrected chi connectivity index (χ2v) is 1.67. The van der Waals surface area contributed by atoms with Gasteiger partial charge < -0.3 is 0 Å². The summed E-state index contributed by atoms with van der Waals surface area (Å²) in [5.41, 5.74) is 1.47. The zero-order valence-electron chi connectivity index (χ0n) is 4.98. The van der Waals surface area contributed by atoms with Crippen LogP contribution in [0.1, 0.15) is 0 Å². The average Bonchev–Trinajstić information content (AvgIpc) is 2.33. The van der Waals surface area contributed by atoms with Crippen LogP contribution in [0.25, 0.3) is 11.2 Å². The Hall–Kier alpha value is -0.720. The molecule has 0 aliphatic rings. The fourth-order valence-corrected chi connectivity index (χ4v) is 0.688. The topological polar surface area (TPSA) is 54.5 Å². The smallest absolute Gasteiger partial charge is 0.201 e. The third-order valence-corrected chi connectivity index (χ3v) is 1.09. The lowest BCUT2D eigenvalue weighted by molar-refractivity contribution is 0.954. The molecule has 10 heavy (non-hydrogen) atoms. The molecule has 4 nitrogen and oxygen atoms in total. The van der Waals surface area contributed by atoms with Gasteiger partial charge in [-0.1, -0.05) is 0 Å². The van der Waals surface area contributed by atoms with E-state index in [1.165, 1.54) is 0 Å². The first-order valence-corrected chi connectivity index (χ1v) is 2.58. The van der Waals surface area contributed by atoms with Crippen molar-refractivity contribution in [1.29, 1.82) is 0 Å². The first-order chi connectivity index (χ1) is 4.47. The number of halogens is 1. The molecule has 0 saturated carbocycles. The highest BCUT2D eigenvalue weighted by Crippen LogP contribution is 1.99. The number of nitrogens with one attached hydrogen (secondary N) is 1. The Kier molecular flexibility index (Phi) is 2.15. The molecule has 0 aliphatic heterocycles. The van der Waals surface area contributed by atoms with Crippen LogP contribution in [-0.2, 0) is 0 Å². The van der Waals surface area contributed by atoms with E-state index in [4.69, 9.17) is 0 Å². The first kappa shape index (κ1) is 7.39. The van der Waals surface area contributed by atoms with Crippen molar-refractivity contribution in [2.75, 3.05) is 0 Å². The molecule has 0 aliphatic carbocycles. The van der Waals surface area contributed by atoms with Gasteiger partial charge in [0.15, 0.2) is 0 Å². The summed E-state index contributed by atoms with van der Waals surface area (Å²) < 4.78 is 0. The maximum atomic E-state index is 3.94. The molecule has 0 spiro atoms. The first-order valence-electron chi connectivity index (χ1n) is 2.58. The number of fused-ring (bicyclic) bond motifs is 1. The lowest BCUT2D eigenvalue weighted by Crippen LogP contribution is -1.71. The van der Waals surface area contributed by atoms with Gasteiger partial charge in [0.2, 0.25) is 5.65 Å².